The van der Waals surface area contributed by atoms with E-state index in [2.05, 4.69) is 23.9 Å². The summed E-state index contributed by atoms with van der Waals surface area (Å²) in [5, 5.41) is 4.27. The Kier molecular flexibility index (Phi) is 5.16. The Labute approximate surface area is 121 Å². The van der Waals surface area contributed by atoms with Gasteiger partial charge in [0.2, 0.25) is 0 Å². The molecule has 2 N–H and O–H groups in total. The molecule has 1 saturated carbocycles. The highest BCUT2D eigenvalue weighted by Gasteiger charge is 2.40. The molecule has 1 aliphatic carbocycles. The fourth-order valence-corrected chi connectivity index (χ4v) is 3.20. The number of ether oxygens (including phenoxy) is 1. The van der Waals surface area contributed by atoms with Crippen molar-refractivity contribution in [2.45, 2.75) is 70.6 Å². The molecular formula is C15H28N4O. The molecule has 0 aliphatic heterocycles. The van der Waals surface area contributed by atoms with Crippen LogP contribution < -0.4 is 5.73 Å². The van der Waals surface area contributed by atoms with Crippen LogP contribution in [0.25, 0.3) is 0 Å². The first-order valence-electron chi connectivity index (χ1n) is 7.78. The first-order valence-corrected chi connectivity index (χ1v) is 7.78. The van der Waals surface area contributed by atoms with Gasteiger partial charge in [0.15, 0.2) is 0 Å². The first kappa shape index (κ1) is 15.4. The van der Waals surface area contributed by atoms with Gasteiger partial charge in [-0.25, -0.2) is 4.98 Å². The normalized spacial score (nSPS) is 28.5. The fourth-order valence-electron chi connectivity index (χ4n) is 3.20. The average molecular weight is 280 g/mol. The van der Waals surface area contributed by atoms with E-state index in [9.17, 15) is 0 Å². The van der Waals surface area contributed by atoms with Crippen LogP contribution in [0.15, 0.2) is 6.33 Å². The Morgan fingerprint density at radius 3 is 2.80 bits per heavy atom. The topological polar surface area (TPSA) is 66.0 Å². The average Bonchev–Trinajstić information content (AvgIpc) is 2.88. The molecule has 0 bridgehead atoms. The van der Waals surface area contributed by atoms with Crippen molar-refractivity contribution < 1.29 is 4.74 Å². The zero-order valence-electron chi connectivity index (χ0n) is 13.0. The molecule has 0 aromatic carbocycles. The van der Waals surface area contributed by atoms with Crippen molar-refractivity contribution in [1.82, 2.24) is 14.8 Å². The number of nitrogens with two attached hydrogens (primary N) is 1. The minimum absolute atomic E-state index is 0.0141. The summed E-state index contributed by atoms with van der Waals surface area (Å²) in [6.07, 6.45) is 7.91. The highest BCUT2D eigenvalue weighted by molar-refractivity contribution is 5.00. The van der Waals surface area contributed by atoms with E-state index in [4.69, 9.17) is 10.5 Å². The Hall–Kier alpha value is -0.940. The molecule has 0 spiro atoms. The molecule has 20 heavy (non-hydrogen) atoms. The van der Waals surface area contributed by atoms with Gasteiger partial charge in [0.25, 0.3) is 0 Å². The third-order valence-corrected chi connectivity index (χ3v) is 4.74. The lowest BCUT2D eigenvalue weighted by molar-refractivity contribution is -0.0664. The first-order chi connectivity index (χ1) is 9.61. The fraction of sp³-hybridized carbons (Fsp3) is 0.867. The summed E-state index contributed by atoms with van der Waals surface area (Å²) in [7, 11) is 1.80. The van der Waals surface area contributed by atoms with Crippen LogP contribution >= 0.6 is 0 Å². The third kappa shape index (κ3) is 3.20. The van der Waals surface area contributed by atoms with E-state index in [0.717, 1.165) is 44.0 Å². The lowest BCUT2D eigenvalue weighted by atomic mass is 9.74. The van der Waals surface area contributed by atoms with Gasteiger partial charge in [-0.15, -0.1) is 0 Å². The predicted octanol–water partition coefficient (Wildman–Crippen LogP) is 2.15. The zero-order valence-corrected chi connectivity index (χ0v) is 13.0. The molecule has 0 amide bonds. The van der Waals surface area contributed by atoms with E-state index in [-0.39, 0.29) is 11.6 Å². The molecule has 114 valence electrons. The molecule has 2 rings (SSSR count). The van der Waals surface area contributed by atoms with Crippen molar-refractivity contribution in [3.8, 4) is 0 Å². The van der Waals surface area contributed by atoms with Crippen LogP contribution in [0.4, 0.5) is 0 Å². The summed E-state index contributed by atoms with van der Waals surface area (Å²) in [4.78, 5) is 4.37. The van der Waals surface area contributed by atoms with E-state index in [1.165, 1.54) is 12.8 Å². The smallest absolute Gasteiger partial charge is 0.138 e. The van der Waals surface area contributed by atoms with Crippen molar-refractivity contribution in [3.05, 3.63) is 12.2 Å². The maximum Gasteiger partial charge on any atom is 0.138 e. The minimum Gasteiger partial charge on any atom is -0.377 e. The second-order valence-electron chi connectivity index (χ2n) is 6.16. The summed E-state index contributed by atoms with van der Waals surface area (Å²) in [6, 6.07) is -0.0141. The van der Waals surface area contributed by atoms with Crippen LogP contribution in [0, 0.1) is 5.92 Å². The summed E-state index contributed by atoms with van der Waals surface area (Å²) in [5.41, 5.74) is 6.30. The molecule has 1 aromatic heterocycles. The Morgan fingerprint density at radius 1 is 1.50 bits per heavy atom. The second-order valence-corrected chi connectivity index (χ2v) is 6.16. The van der Waals surface area contributed by atoms with Crippen LogP contribution in [0.3, 0.4) is 0 Å². The Balaban J connectivity index is 2.05. The van der Waals surface area contributed by atoms with Gasteiger partial charge in [-0.1, -0.05) is 13.8 Å². The van der Waals surface area contributed by atoms with Gasteiger partial charge in [-0.2, -0.15) is 5.10 Å². The molecule has 1 heterocycles. The van der Waals surface area contributed by atoms with Crippen molar-refractivity contribution in [1.29, 1.82) is 0 Å². The number of rotatable bonds is 6. The Morgan fingerprint density at radius 2 is 2.20 bits per heavy atom. The van der Waals surface area contributed by atoms with Gasteiger partial charge >= 0.3 is 0 Å². The van der Waals surface area contributed by atoms with Crippen molar-refractivity contribution in [2.75, 3.05) is 7.11 Å². The molecule has 1 aliphatic rings. The van der Waals surface area contributed by atoms with Gasteiger partial charge in [0.1, 0.15) is 12.2 Å². The quantitative estimate of drug-likeness (QED) is 0.867. The van der Waals surface area contributed by atoms with E-state index >= 15 is 0 Å². The molecule has 1 fully saturated rings. The number of aryl methyl sites for hydroxylation is 1. The highest BCUT2D eigenvalue weighted by Crippen LogP contribution is 2.36. The summed E-state index contributed by atoms with van der Waals surface area (Å²) < 4.78 is 7.82. The number of aromatic nitrogens is 3. The van der Waals surface area contributed by atoms with Crippen LogP contribution in [0.2, 0.25) is 0 Å². The number of hydrogen-bond donors (Lipinski definition) is 1. The second kappa shape index (κ2) is 6.68. The predicted molar refractivity (Wildman–Crippen MR) is 79.4 cm³/mol. The van der Waals surface area contributed by atoms with Crippen LogP contribution in [0.5, 0.6) is 0 Å². The van der Waals surface area contributed by atoms with Crippen molar-refractivity contribution in [2.24, 2.45) is 11.7 Å². The number of nitrogens with zero attached hydrogens (tertiary/aromatic N) is 3. The van der Waals surface area contributed by atoms with Crippen LogP contribution in [-0.2, 0) is 17.7 Å². The van der Waals surface area contributed by atoms with E-state index in [1.54, 1.807) is 13.4 Å². The van der Waals surface area contributed by atoms with E-state index in [0.29, 0.717) is 0 Å². The van der Waals surface area contributed by atoms with Gasteiger partial charge in [0.05, 0.1) is 5.60 Å². The van der Waals surface area contributed by atoms with Gasteiger partial charge in [0, 0.05) is 26.1 Å². The summed E-state index contributed by atoms with van der Waals surface area (Å²) in [5.74, 6) is 1.77. The Bertz CT molecular complexity index is 410. The monoisotopic (exact) mass is 280 g/mol. The van der Waals surface area contributed by atoms with Crippen molar-refractivity contribution in [3.63, 3.8) is 0 Å². The lowest BCUT2D eigenvalue weighted by Crippen LogP contribution is -2.53. The highest BCUT2D eigenvalue weighted by atomic mass is 16.5. The lowest BCUT2D eigenvalue weighted by Gasteiger charge is -2.42. The number of hydrogen-bond acceptors (Lipinski definition) is 4. The summed E-state index contributed by atoms with van der Waals surface area (Å²) in [6.45, 7) is 5.35. The minimum atomic E-state index is -0.185. The molecule has 0 radical (unpaired) electrons. The van der Waals surface area contributed by atoms with Crippen LogP contribution in [0.1, 0.15) is 51.8 Å². The van der Waals surface area contributed by atoms with Gasteiger partial charge in [-0.05, 0) is 38.0 Å². The molecule has 1 unspecified atom stereocenters. The standard InChI is InChI=1S/C15H28N4O/c1-4-9-19-14(17-11-18-19)10-13(16)15(20-3)7-5-12(2)6-8-15/h11-13H,4-10,16H2,1-3H3. The molecule has 5 heteroatoms. The molecule has 0 saturated heterocycles. The maximum atomic E-state index is 6.49. The van der Waals surface area contributed by atoms with Crippen molar-refractivity contribution >= 4 is 0 Å². The zero-order chi connectivity index (χ0) is 14.6. The van der Waals surface area contributed by atoms with E-state index in [1.807, 2.05) is 4.68 Å². The maximum absolute atomic E-state index is 6.49. The molecule has 1 atom stereocenters. The van der Waals surface area contributed by atoms with Crippen LogP contribution in [-0.4, -0.2) is 33.5 Å². The molecule has 5 nitrogen and oxygen atoms in total. The van der Waals surface area contributed by atoms with E-state index < -0.39 is 0 Å². The largest absolute Gasteiger partial charge is 0.377 e. The van der Waals surface area contributed by atoms with Gasteiger partial charge in [-0.3, -0.25) is 4.68 Å². The summed E-state index contributed by atoms with van der Waals surface area (Å²) >= 11 is 0. The SMILES string of the molecule is CCCn1ncnc1CC(N)C1(OC)CCC(C)CC1. The number of methoxy groups -OCH3 is 1. The molecular weight excluding hydrogens is 252 g/mol. The molecule has 1 aromatic rings. The third-order valence-electron chi connectivity index (χ3n) is 4.74. The van der Waals surface area contributed by atoms with Gasteiger partial charge < -0.3 is 10.5 Å².